The average Bonchev–Trinajstić information content (AvgIpc) is 2.70. The maximum Gasteiger partial charge on any atom is 0.243 e. The predicted octanol–water partition coefficient (Wildman–Crippen LogP) is 1.87. The van der Waals surface area contributed by atoms with E-state index >= 15 is 0 Å². The Hall–Kier alpha value is -1.26. The molecule has 5 nitrogen and oxygen atoms in total. The van der Waals surface area contributed by atoms with Gasteiger partial charge >= 0.3 is 0 Å². The van der Waals surface area contributed by atoms with Crippen LogP contribution in [-0.2, 0) is 0 Å². The summed E-state index contributed by atoms with van der Waals surface area (Å²) in [5.74, 6) is 1.61. The second-order valence-corrected chi connectivity index (χ2v) is 4.00. The van der Waals surface area contributed by atoms with E-state index < -0.39 is 0 Å². The van der Waals surface area contributed by atoms with Crippen molar-refractivity contribution in [2.24, 2.45) is 0 Å². The second kappa shape index (κ2) is 4.08. The molecule has 0 fully saturated rings. The molecule has 0 saturated carbocycles. The van der Waals surface area contributed by atoms with E-state index in [4.69, 9.17) is 0 Å². The molecule has 15 heavy (non-hydrogen) atoms. The van der Waals surface area contributed by atoms with Crippen LogP contribution in [0.5, 0.6) is 0 Å². The maximum absolute atomic E-state index is 4.42. The van der Waals surface area contributed by atoms with Crippen LogP contribution in [0.3, 0.4) is 0 Å². The molecule has 2 rings (SSSR count). The fourth-order valence-electron chi connectivity index (χ4n) is 2.06. The zero-order valence-electron chi connectivity index (χ0n) is 9.62. The Balaban J connectivity index is 2.29. The Labute approximate surface area is 90.3 Å². The van der Waals surface area contributed by atoms with Gasteiger partial charge in [0, 0.05) is 13.1 Å². The molecular formula is C10H19N5. The molecule has 0 spiro atoms. The molecule has 0 aromatic carbocycles. The van der Waals surface area contributed by atoms with Crippen molar-refractivity contribution in [1.29, 1.82) is 0 Å². The Kier molecular flexibility index (Phi) is 2.79. The summed E-state index contributed by atoms with van der Waals surface area (Å²) in [7, 11) is 1.85. The normalized spacial score (nSPS) is 24.5. The SMILES string of the molecule is CCC1CC(CC)n2nc(NC)nc2N1. The summed E-state index contributed by atoms with van der Waals surface area (Å²) in [4.78, 5) is 4.40. The van der Waals surface area contributed by atoms with E-state index in [0.29, 0.717) is 18.0 Å². The zero-order valence-corrected chi connectivity index (χ0v) is 9.62. The highest BCUT2D eigenvalue weighted by Crippen LogP contribution is 2.29. The molecule has 0 aliphatic carbocycles. The number of nitrogens with zero attached hydrogens (tertiary/aromatic N) is 3. The van der Waals surface area contributed by atoms with E-state index in [0.717, 1.165) is 25.2 Å². The lowest BCUT2D eigenvalue weighted by Crippen LogP contribution is -2.31. The minimum atomic E-state index is 0.487. The van der Waals surface area contributed by atoms with Crippen LogP contribution in [0.1, 0.15) is 39.2 Å². The van der Waals surface area contributed by atoms with Crippen LogP contribution in [0, 0.1) is 0 Å². The van der Waals surface area contributed by atoms with E-state index in [2.05, 4.69) is 34.6 Å². The van der Waals surface area contributed by atoms with Gasteiger partial charge in [0.25, 0.3) is 0 Å². The van der Waals surface area contributed by atoms with Crippen molar-refractivity contribution in [1.82, 2.24) is 14.8 Å². The van der Waals surface area contributed by atoms with Crippen molar-refractivity contribution in [3.63, 3.8) is 0 Å². The molecule has 2 N–H and O–H groups in total. The first kappa shape index (κ1) is 10.3. The van der Waals surface area contributed by atoms with Crippen LogP contribution >= 0.6 is 0 Å². The predicted molar refractivity (Wildman–Crippen MR) is 61.2 cm³/mol. The van der Waals surface area contributed by atoms with Gasteiger partial charge in [0.2, 0.25) is 11.9 Å². The molecule has 0 saturated heterocycles. The number of fused-ring (bicyclic) bond motifs is 1. The number of nitrogens with one attached hydrogen (secondary N) is 2. The summed E-state index contributed by atoms with van der Waals surface area (Å²) in [6, 6.07) is 1.03. The Bertz CT molecular complexity index is 333. The molecule has 84 valence electrons. The fraction of sp³-hybridized carbons (Fsp3) is 0.800. The third kappa shape index (κ3) is 1.78. The first-order valence-corrected chi connectivity index (χ1v) is 5.69. The maximum atomic E-state index is 4.42. The minimum Gasteiger partial charge on any atom is -0.356 e. The Morgan fingerprint density at radius 2 is 2.27 bits per heavy atom. The largest absolute Gasteiger partial charge is 0.356 e. The smallest absolute Gasteiger partial charge is 0.243 e. The quantitative estimate of drug-likeness (QED) is 0.798. The standard InChI is InChI=1S/C10H19N5/c1-4-7-6-8(5-2)15-10(12-7)13-9(11-3)14-15/h7-8H,4-6H2,1-3H3,(H2,11,12,13,14). The number of rotatable bonds is 3. The van der Waals surface area contributed by atoms with Crippen LogP contribution in [0.4, 0.5) is 11.9 Å². The second-order valence-electron chi connectivity index (χ2n) is 4.00. The van der Waals surface area contributed by atoms with Gasteiger partial charge in [-0.15, -0.1) is 5.10 Å². The number of hydrogen-bond acceptors (Lipinski definition) is 4. The van der Waals surface area contributed by atoms with Crippen molar-refractivity contribution in [2.75, 3.05) is 17.7 Å². The van der Waals surface area contributed by atoms with Crippen LogP contribution in [0.15, 0.2) is 0 Å². The van der Waals surface area contributed by atoms with Gasteiger partial charge in [-0.3, -0.25) is 0 Å². The number of anilines is 2. The summed E-state index contributed by atoms with van der Waals surface area (Å²) in [6.07, 6.45) is 3.39. The first-order chi connectivity index (χ1) is 7.28. The van der Waals surface area contributed by atoms with Crippen molar-refractivity contribution in [3.8, 4) is 0 Å². The van der Waals surface area contributed by atoms with Crippen LogP contribution < -0.4 is 10.6 Å². The molecular weight excluding hydrogens is 190 g/mol. The lowest BCUT2D eigenvalue weighted by atomic mass is 10.0. The Morgan fingerprint density at radius 3 is 2.87 bits per heavy atom. The van der Waals surface area contributed by atoms with Gasteiger partial charge in [0.05, 0.1) is 6.04 Å². The van der Waals surface area contributed by atoms with E-state index in [1.807, 2.05) is 11.7 Å². The Morgan fingerprint density at radius 1 is 1.47 bits per heavy atom. The molecule has 1 aromatic heterocycles. The van der Waals surface area contributed by atoms with Gasteiger partial charge in [0.15, 0.2) is 0 Å². The molecule has 2 atom stereocenters. The summed E-state index contributed by atoms with van der Waals surface area (Å²) in [6.45, 7) is 4.41. The third-order valence-electron chi connectivity index (χ3n) is 3.05. The van der Waals surface area contributed by atoms with Gasteiger partial charge < -0.3 is 10.6 Å². The first-order valence-electron chi connectivity index (χ1n) is 5.69. The van der Waals surface area contributed by atoms with Gasteiger partial charge in [0.1, 0.15) is 0 Å². The third-order valence-corrected chi connectivity index (χ3v) is 3.05. The number of aromatic nitrogens is 3. The van der Waals surface area contributed by atoms with Gasteiger partial charge in [-0.2, -0.15) is 4.98 Å². The van der Waals surface area contributed by atoms with Crippen molar-refractivity contribution in [3.05, 3.63) is 0 Å². The lowest BCUT2D eigenvalue weighted by molar-refractivity contribution is 0.361. The summed E-state index contributed by atoms with van der Waals surface area (Å²) >= 11 is 0. The molecule has 5 heteroatoms. The summed E-state index contributed by atoms with van der Waals surface area (Å²) in [5, 5.41) is 10.8. The number of hydrogen-bond donors (Lipinski definition) is 2. The highest BCUT2D eigenvalue weighted by molar-refractivity contribution is 5.37. The molecule has 1 aliphatic heterocycles. The highest BCUT2D eigenvalue weighted by atomic mass is 15.5. The monoisotopic (exact) mass is 209 g/mol. The zero-order chi connectivity index (χ0) is 10.8. The molecule has 2 unspecified atom stereocenters. The topological polar surface area (TPSA) is 54.8 Å². The molecule has 1 aromatic rings. The van der Waals surface area contributed by atoms with Crippen molar-refractivity contribution >= 4 is 11.9 Å². The summed E-state index contributed by atoms with van der Waals surface area (Å²) in [5.41, 5.74) is 0. The van der Waals surface area contributed by atoms with Crippen molar-refractivity contribution in [2.45, 2.75) is 45.2 Å². The van der Waals surface area contributed by atoms with Crippen molar-refractivity contribution < 1.29 is 0 Å². The molecule has 0 bridgehead atoms. The van der Waals surface area contributed by atoms with E-state index in [-0.39, 0.29) is 0 Å². The molecule has 0 radical (unpaired) electrons. The fourth-order valence-corrected chi connectivity index (χ4v) is 2.06. The van der Waals surface area contributed by atoms with Crippen LogP contribution in [-0.4, -0.2) is 27.9 Å². The molecule has 0 amide bonds. The minimum absolute atomic E-state index is 0.487. The van der Waals surface area contributed by atoms with E-state index in [1.54, 1.807) is 0 Å². The van der Waals surface area contributed by atoms with Crippen LogP contribution in [0.25, 0.3) is 0 Å². The van der Waals surface area contributed by atoms with Gasteiger partial charge in [-0.05, 0) is 19.3 Å². The van der Waals surface area contributed by atoms with Gasteiger partial charge in [-0.1, -0.05) is 13.8 Å². The van der Waals surface area contributed by atoms with E-state index in [1.165, 1.54) is 0 Å². The highest BCUT2D eigenvalue weighted by Gasteiger charge is 2.26. The lowest BCUT2D eigenvalue weighted by Gasteiger charge is -2.29. The summed E-state index contributed by atoms with van der Waals surface area (Å²) < 4.78 is 2.01. The van der Waals surface area contributed by atoms with E-state index in [9.17, 15) is 0 Å². The molecule has 2 heterocycles. The average molecular weight is 209 g/mol. The van der Waals surface area contributed by atoms with Crippen LogP contribution in [0.2, 0.25) is 0 Å². The molecule has 1 aliphatic rings. The van der Waals surface area contributed by atoms with Gasteiger partial charge in [-0.25, -0.2) is 4.68 Å².